The van der Waals surface area contributed by atoms with Crippen molar-refractivity contribution < 1.29 is 40.6 Å². The van der Waals surface area contributed by atoms with Gasteiger partial charge in [-0.25, -0.2) is 21.2 Å². The van der Waals surface area contributed by atoms with E-state index in [1.807, 2.05) is 13.8 Å². The number of carbonyl (C=O) groups excluding carboxylic acids is 1. The summed E-state index contributed by atoms with van der Waals surface area (Å²) in [6, 6.07) is 16.2. The Balaban J connectivity index is 1.68. The van der Waals surface area contributed by atoms with Gasteiger partial charge in [-0.1, -0.05) is 25.1 Å². The fourth-order valence-corrected chi connectivity index (χ4v) is 7.65. The molecule has 3 aromatic rings. The molecule has 14 heteroatoms. The maximum absolute atomic E-state index is 14.3. The maximum Gasteiger partial charge on any atom is 0.261 e. The number of nitrogens with one attached hydrogen (secondary N) is 1. The highest BCUT2D eigenvalue weighted by atomic mass is 32.2. The Labute approximate surface area is 282 Å². The van der Waals surface area contributed by atoms with E-state index in [2.05, 4.69) is 4.72 Å². The van der Waals surface area contributed by atoms with Gasteiger partial charge in [-0.2, -0.15) is 4.31 Å². The molecule has 2 N–H and O–H groups in total. The number of rotatable bonds is 9. The molecule has 262 valence electrons. The van der Waals surface area contributed by atoms with Gasteiger partial charge in [-0.15, -0.1) is 0 Å². The van der Waals surface area contributed by atoms with Crippen molar-refractivity contribution in [3.05, 3.63) is 84.2 Å². The van der Waals surface area contributed by atoms with E-state index in [0.717, 1.165) is 30.7 Å². The molecule has 0 spiro atoms. The van der Waals surface area contributed by atoms with Crippen LogP contribution in [0.5, 0.6) is 5.75 Å². The number of ether oxygens (including phenoxy) is 2. The minimum Gasteiger partial charge on any atom is -0.490 e. The number of nitrogens with zero attached hydrogens (tertiary/aromatic N) is 2. The number of carbonyl (C=O) groups is 1. The molecule has 0 unspecified atom stereocenters. The van der Waals surface area contributed by atoms with Crippen molar-refractivity contribution in [3.8, 4) is 5.75 Å². The highest BCUT2D eigenvalue weighted by Gasteiger charge is 2.32. The molecule has 1 aliphatic rings. The number of benzene rings is 3. The van der Waals surface area contributed by atoms with Gasteiger partial charge in [-0.3, -0.25) is 9.52 Å². The Kier molecular flexibility index (Phi) is 12.6. The van der Waals surface area contributed by atoms with Crippen LogP contribution in [0.1, 0.15) is 50.4 Å². The lowest BCUT2D eigenvalue weighted by Crippen LogP contribution is -2.48. The standard InChI is InChI=1S/C34H44FN3O8S2/c1-24-21-38(25(2)23-39)34(40)31-20-28(36-47(41,42)29-16-13-27(35)14-17-29)15-18-32(31)46-26(3)10-8-9-19-45-33(24)22-37(4)48(43,44)30-11-6-5-7-12-30/h5-7,11-18,20,24-26,33,36,39H,8-10,19,21-23H2,1-4H3/t24-,25+,26-,33-/m0/s1. The van der Waals surface area contributed by atoms with Gasteiger partial charge in [0.15, 0.2) is 0 Å². The lowest BCUT2D eigenvalue weighted by Gasteiger charge is -2.35. The maximum atomic E-state index is 14.3. The van der Waals surface area contributed by atoms with Crippen molar-refractivity contribution in [2.75, 3.05) is 38.1 Å². The summed E-state index contributed by atoms with van der Waals surface area (Å²) < 4.78 is 82.5. The average Bonchev–Trinajstić information content (AvgIpc) is 3.06. The molecule has 0 fully saturated rings. The molecule has 0 saturated carbocycles. The Hall–Kier alpha value is -3.56. The largest absolute Gasteiger partial charge is 0.490 e. The fourth-order valence-electron chi connectivity index (χ4n) is 5.40. The quantitative estimate of drug-likeness (QED) is 0.325. The first kappa shape index (κ1) is 37.3. The van der Waals surface area contributed by atoms with E-state index in [9.17, 15) is 31.1 Å². The number of amides is 1. The van der Waals surface area contributed by atoms with Crippen LogP contribution in [0.3, 0.4) is 0 Å². The zero-order chi connectivity index (χ0) is 35.1. The van der Waals surface area contributed by atoms with Crippen LogP contribution in [0.4, 0.5) is 10.1 Å². The lowest BCUT2D eigenvalue weighted by atomic mass is 10.0. The molecule has 3 aromatic carbocycles. The first-order valence-electron chi connectivity index (χ1n) is 15.9. The predicted molar refractivity (Wildman–Crippen MR) is 180 cm³/mol. The van der Waals surface area contributed by atoms with Crippen molar-refractivity contribution in [1.29, 1.82) is 0 Å². The van der Waals surface area contributed by atoms with Gasteiger partial charge in [-0.05, 0) is 87.7 Å². The predicted octanol–water partition coefficient (Wildman–Crippen LogP) is 4.74. The second-order valence-corrected chi connectivity index (χ2v) is 15.9. The van der Waals surface area contributed by atoms with Crippen molar-refractivity contribution in [2.45, 2.75) is 68.1 Å². The highest BCUT2D eigenvalue weighted by molar-refractivity contribution is 7.92. The third kappa shape index (κ3) is 9.32. The second-order valence-electron chi connectivity index (χ2n) is 12.2. The SMILES string of the molecule is C[C@H](CO)N1C[C@H](C)[C@H](CN(C)S(=O)(=O)c2ccccc2)OCCCC[C@H](C)Oc2ccc(NS(=O)(=O)c3ccc(F)cc3)cc2C1=O. The molecule has 0 bridgehead atoms. The van der Waals surface area contributed by atoms with Crippen LogP contribution in [0.25, 0.3) is 0 Å². The molecule has 1 heterocycles. The summed E-state index contributed by atoms with van der Waals surface area (Å²) in [5.41, 5.74) is 0.161. The number of halogens is 1. The number of aliphatic hydroxyl groups excluding tert-OH is 1. The lowest BCUT2D eigenvalue weighted by molar-refractivity contribution is -0.00833. The van der Waals surface area contributed by atoms with E-state index in [1.165, 1.54) is 46.6 Å². The number of aliphatic hydroxyl groups is 1. The van der Waals surface area contributed by atoms with Crippen molar-refractivity contribution in [3.63, 3.8) is 0 Å². The normalized spacial score (nSPS) is 20.8. The number of sulfonamides is 2. The van der Waals surface area contributed by atoms with Gasteiger partial charge in [0.25, 0.3) is 15.9 Å². The Morgan fingerprint density at radius 3 is 2.35 bits per heavy atom. The first-order chi connectivity index (χ1) is 22.7. The minimum absolute atomic E-state index is 0.0271. The van der Waals surface area contributed by atoms with E-state index in [1.54, 1.807) is 25.1 Å². The number of fused-ring (bicyclic) bond motifs is 1. The van der Waals surface area contributed by atoms with Gasteiger partial charge in [0, 0.05) is 38.3 Å². The highest BCUT2D eigenvalue weighted by Crippen LogP contribution is 2.30. The van der Waals surface area contributed by atoms with Crippen molar-refractivity contribution in [1.82, 2.24) is 9.21 Å². The fraction of sp³-hybridized carbons (Fsp3) is 0.441. The van der Waals surface area contributed by atoms with E-state index in [4.69, 9.17) is 9.47 Å². The Morgan fingerprint density at radius 1 is 1.00 bits per heavy atom. The molecule has 0 saturated heterocycles. The Morgan fingerprint density at radius 2 is 1.69 bits per heavy atom. The smallest absolute Gasteiger partial charge is 0.261 e. The van der Waals surface area contributed by atoms with Crippen LogP contribution in [0.15, 0.2) is 82.6 Å². The summed E-state index contributed by atoms with van der Waals surface area (Å²) in [5, 5.41) is 10.2. The minimum atomic E-state index is -4.12. The zero-order valence-electron chi connectivity index (χ0n) is 27.6. The van der Waals surface area contributed by atoms with Gasteiger partial charge in [0.05, 0.1) is 40.2 Å². The summed E-state index contributed by atoms with van der Waals surface area (Å²) >= 11 is 0. The van der Waals surface area contributed by atoms with Gasteiger partial charge < -0.3 is 19.5 Å². The molecule has 4 rings (SSSR count). The molecule has 1 aliphatic heterocycles. The summed E-state index contributed by atoms with van der Waals surface area (Å²) in [6.07, 6.45) is 1.17. The first-order valence-corrected chi connectivity index (χ1v) is 18.8. The summed E-state index contributed by atoms with van der Waals surface area (Å²) in [7, 11) is -6.44. The summed E-state index contributed by atoms with van der Waals surface area (Å²) in [4.78, 5) is 15.8. The summed E-state index contributed by atoms with van der Waals surface area (Å²) in [6.45, 7) is 5.53. The monoisotopic (exact) mass is 705 g/mol. The molecule has 0 aliphatic carbocycles. The average molecular weight is 706 g/mol. The number of anilines is 1. The van der Waals surface area contributed by atoms with E-state index >= 15 is 0 Å². The third-order valence-corrected chi connectivity index (χ3v) is 11.6. The molecule has 1 amide bonds. The van der Waals surface area contributed by atoms with Crippen LogP contribution in [0, 0.1) is 11.7 Å². The number of likely N-dealkylation sites (N-methyl/N-ethyl adjacent to an activating group) is 1. The van der Waals surface area contributed by atoms with Gasteiger partial charge >= 0.3 is 0 Å². The van der Waals surface area contributed by atoms with E-state index in [-0.39, 0.29) is 58.5 Å². The van der Waals surface area contributed by atoms with Crippen LogP contribution in [-0.4, -0.2) is 88.7 Å². The van der Waals surface area contributed by atoms with Crippen LogP contribution >= 0.6 is 0 Å². The van der Waals surface area contributed by atoms with Crippen LogP contribution in [-0.2, 0) is 24.8 Å². The molecule has 0 radical (unpaired) electrons. The third-order valence-electron chi connectivity index (χ3n) is 8.32. The van der Waals surface area contributed by atoms with E-state index < -0.39 is 43.9 Å². The molecule has 11 nitrogen and oxygen atoms in total. The molecular weight excluding hydrogens is 662 g/mol. The van der Waals surface area contributed by atoms with Crippen LogP contribution in [0.2, 0.25) is 0 Å². The zero-order valence-corrected chi connectivity index (χ0v) is 29.2. The molecule has 0 aromatic heterocycles. The topological polar surface area (TPSA) is 143 Å². The number of hydrogen-bond donors (Lipinski definition) is 2. The van der Waals surface area contributed by atoms with Gasteiger partial charge in [0.2, 0.25) is 10.0 Å². The van der Waals surface area contributed by atoms with E-state index in [0.29, 0.717) is 19.4 Å². The molecule has 4 atom stereocenters. The van der Waals surface area contributed by atoms with Crippen LogP contribution < -0.4 is 9.46 Å². The van der Waals surface area contributed by atoms with Crippen molar-refractivity contribution >= 4 is 31.6 Å². The molecule has 48 heavy (non-hydrogen) atoms. The Bertz CT molecular complexity index is 1740. The van der Waals surface area contributed by atoms with Gasteiger partial charge in [0.1, 0.15) is 11.6 Å². The summed E-state index contributed by atoms with van der Waals surface area (Å²) in [5.74, 6) is -1.24. The second kappa shape index (κ2) is 16.2. The number of hydrogen-bond acceptors (Lipinski definition) is 8. The van der Waals surface area contributed by atoms with Crippen molar-refractivity contribution in [2.24, 2.45) is 5.92 Å². The molecular formula is C34H44FN3O8S2.